The molecule has 0 bridgehead atoms. The van der Waals surface area contributed by atoms with Crippen LogP contribution in [0, 0.1) is 5.41 Å². The van der Waals surface area contributed by atoms with Crippen molar-refractivity contribution in [1.82, 2.24) is 10.4 Å². The molecule has 0 fully saturated rings. The lowest BCUT2D eigenvalue weighted by molar-refractivity contribution is -0.134. The van der Waals surface area contributed by atoms with Crippen molar-refractivity contribution in [3.63, 3.8) is 0 Å². The fraction of sp³-hybridized carbons (Fsp3) is 0.500. The highest BCUT2D eigenvalue weighted by Crippen LogP contribution is 2.20. The summed E-state index contributed by atoms with van der Waals surface area (Å²) in [6.45, 7) is 9.07. The first-order chi connectivity index (χ1) is 9.59. The van der Waals surface area contributed by atoms with Gasteiger partial charge in [0, 0.05) is 11.4 Å². The van der Waals surface area contributed by atoms with E-state index in [4.69, 9.17) is 11.6 Å². The lowest BCUT2D eigenvalue weighted by Crippen LogP contribution is -2.58. The second-order valence-electron chi connectivity index (χ2n) is 6.64. The van der Waals surface area contributed by atoms with Crippen LogP contribution in [0.4, 0.5) is 0 Å². The van der Waals surface area contributed by atoms with Crippen LogP contribution in [0.1, 0.15) is 45.0 Å². The maximum Gasteiger partial charge on any atom is 0.272 e. The maximum atomic E-state index is 12.6. The number of nitrogens with one attached hydrogen (secondary N) is 1. The van der Waals surface area contributed by atoms with Crippen molar-refractivity contribution in [2.24, 2.45) is 5.41 Å². The zero-order chi connectivity index (χ0) is 16.3. The van der Waals surface area contributed by atoms with Crippen molar-refractivity contribution in [1.29, 1.82) is 0 Å². The number of halogens is 1. The topological polar surface area (TPSA) is 49.4 Å². The molecule has 1 aromatic rings. The highest BCUT2D eigenvalue weighted by molar-refractivity contribution is 6.19. The molecule has 21 heavy (non-hydrogen) atoms. The number of nitrogens with zero attached hydrogens (tertiary/aromatic N) is 1. The van der Waals surface area contributed by atoms with E-state index in [0.717, 1.165) is 0 Å². The predicted octanol–water partition coefficient (Wildman–Crippen LogP) is 3.22. The van der Waals surface area contributed by atoms with Gasteiger partial charge in [0.05, 0.1) is 11.0 Å². The minimum atomic E-state index is -0.748. The summed E-state index contributed by atoms with van der Waals surface area (Å²) >= 11 is 5.82. The number of hydrazine groups is 1. The summed E-state index contributed by atoms with van der Waals surface area (Å²) in [6.07, 6.45) is 0. The summed E-state index contributed by atoms with van der Waals surface area (Å²) in [5, 5.41) is 1.36. The minimum absolute atomic E-state index is 0.177. The van der Waals surface area contributed by atoms with E-state index in [-0.39, 0.29) is 17.7 Å². The van der Waals surface area contributed by atoms with E-state index >= 15 is 0 Å². The van der Waals surface area contributed by atoms with Gasteiger partial charge >= 0.3 is 0 Å². The van der Waals surface area contributed by atoms with E-state index in [0.29, 0.717) is 5.56 Å². The van der Waals surface area contributed by atoms with Gasteiger partial charge in [0.2, 0.25) is 5.91 Å². The van der Waals surface area contributed by atoms with Crippen LogP contribution in [-0.4, -0.2) is 28.2 Å². The van der Waals surface area contributed by atoms with Crippen molar-refractivity contribution in [3.8, 4) is 0 Å². The van der Waals surface area contributed by atoms with Crippen LogP contribution in [0.15, 0.2) is 30.3 Å². The maximum absolute atomic E-state index is 12.6. The van der Waals surface area contributed by atoms with Crippen LogP contribution < -0.4 is 5.43 Å². The van der Waals surface area contributed by atoms with Crippen molar-refractivity contribution < 1.29 is 9.59 Å². The Bertz CT molecular complexity index is 507. The molecule has 0 spiro atoms. The fourth-order valence-electron chi connectivity index (χ4n) is 1.55. The average Bonchev–Trinajstić information content (AvgIpc) is 2.43. The minimum Gasteiger partial charge on any atom is -0.273 e. The zero-order valence-corrected chi connectivity index (χ0v) is 14.0. The van der Waals surface area contributed by atoms with E-state index in [2.05, 4.69) is 5.43 Å². The molecule has 0 radical (unpaired) electrons. The number of benzene rings is 1. The van der Waals surface area contributed by atoms with Crippen LogP contribution in [0.3, 0.4) is 0 Å². The lowest BCUT2D eigenvalue weighted by Gasteiger charge is -2.37. The van der Waals surface area contributed by atoms with Crippen LogP contribution >= 0.6 is 11.6 Å². The van der Waals surface area contributed by atoms with Gasteiger partial charge in [-0.05, 0) is 46.8 Å². The number of hydrogen-bond donors (Lipinski definition) is 1. The third-order valence-electron chi connectivity index (χ3n) is 3.06. The van der Waals surface area contributed by atoms with Crippen molar-refractivity contribution >= 4 is 23.4 Å². The molecule has 1 rings (SSSR count). The van der Waals surface area contributed by atoms with Gasteiger partial charge in [0.15, 0.2) is 0 Å². The van der Waals surface area contributed by atoms with Crippen molar-refractivity contribution in [2.45, 2.75) is 40.2 Å². The van der Waals surface area contributed by atoms with Gasteiger partial charge in [-0.25, -0.2) is 5.01 Å². The third-order valence-corrected chi connectivity index (χ3v) is 3.72. The molecule has 116 valence electrons. The summed E-state index contributed by atoms with van der Waals surface area (Å²) in [4.78, 5) is 24.9. The molecular weight excluding hydrogens is 288 g/mol. The first-order valence-corrected chi connectivity index (χ1v) is 7.40. The molecule has 5 heteroatoms. The summed E-state index contributed by atoms with van der Waals surface area (Å²) in [6, 6.07) is 8.87. The molecule has 0 aromatic heterocycles. The fourth-order valence-corrected chi connectivity index (χ4v) is 1.67. The number of hydrogen-bond acceptors (Lipinski definition) is 2. The Hall–Kier alpha value is -1.55. The van der Waals surface area contributed by atoms with Crippen molar-refractivity contribution in [3.05, 3.63) is 35.9 Å². The molecule has 0 aliphatic rings. The molecule has 0 aliphatic heterocycles. The normalized spacial score (nSPS) is 11.9. The molecule has 1 N–H and O–H groups in total. The molecular formula is C16H23ClN2O2. The summed E-state index contributed by atoms with van der Waals surface area (Å²) in [7, 11) is 0. The number of carbonyl (C=O) groups is 2. The van der Waals surface area contributed by atoms with Gasteiger partial charge in [-0.15, -0.1) is 11.6 Å². The van der Waals surface area contributed by atoms with E-state index in [1.165, 1.54) is 5.01 Å². The second kappa shape index (κ2) is 6.48. The van der Waals surface area contributed by atoms with Crippen molar-refractivity contribution in [2.75, 3.05) is 5.88 Å². The Morgan fingerprint density at radius 2 is 1.62 bits per heavy atom. The summed E-state index contributed by atoms with van der Waals surface area (Å²) in [5.74, 6) is -0.352. The quantitative estimate of drug-likeness (QED) is 0.688. The Balaban J connectivity index is 3.04. The largest absolute Gasteiger partial charge is 0.273 e. The Kier molecular flexibility index (Phi) is 5.40. The molecule has 0 heterocycles. The Morgan fingerprint density at radius 1 is 1.10 bits per heavy atom. The third kappa shape index (κ3) is 4.46. The molecule has 0 aliphatic carbocycles. The average molecular weight is 311 g/mol. The van der Waals surface area contributed by atoms with E-state index < -0.39 is 11.0 Å². The first kappa shape index (κ1) is 17.5. The predicted molar refractivity (Wildman–Crippen MR) is 85.0 cm³/mol. The number of alkyl halides is 1. The standard InChI is InChI=1S/C16H23ClN2O2/c1-15(2,3)19(18-14(21)16(4,5)11-17)13(20)12-9-7-6-8-10-12/h6-10H,11H2,1-5H3,(H,18,21). The van der Waals surface area contributed by atoms with E-state index in [1.54, 1.807) is 38.1 Å². The number of amides is 2. The van der Waals surface area contributed by atoms with Crippen LogP contribution in [0.25, 0.3) is 0 Å². The van der Waals surface area contributed by atoms with Crippen LogP contribution in [-0.2, 0) is 4.79 Å². The van der Waals surface area contributed by atoms with Crippen LogP contribution in [0.2, 0.25) is 0 Å². The lowest BCUT2D eigenvalue weighted by atomic mass is 9.95. The smallest absolute Gasteiger partial charge is 0.272 e. The number of carbonyl (C=O) groups excluding carboxylic acids is 2. The number of rotatable bonds is 3. The highest BCUT2D eigenvalue weighted by Gasteiger charge is 2.34. The van der Waals surface area contributed by atoms with Gasteiger partial charge in [0.1, 0.15) is 0 Å². The summed E-state index contributed by atoms with van der Waals surface area (Å²) < 4.78 is 0. The van der Waals surface area contributed by atoms with Crippen LogP contribution in [0.5, 0.6) is 0 Å². The molecule has 0 unspecified atom stereocenters. The van der Waals surface area contributed by atoms with Gasteiger partial charge in [-0.3, -0.25) is 15.0 Å². The first-order valence-electron chi connectivity index (χ1n) is 6.86. The molecule has 0 atom stereocenters. The van der Waals surface area contributed by atoms with Gasteiger partial charge in [-0.2, -0.15) is 0 Å². The monoisotopic (exact) mass is 310 g/mol. The summed E-state index contributed by atoms with van der Waals surface area (Å²) in [5.41, 5.74) is 1.93. The SMILES string of the molecule is CC(C)(CCl)C(=O)NN(C(=O)c1ccccc1)C(C)(C)C. The molecule has 2 amide bonds. The molecule has 1 aromatic carbocycles. The highest BCUT2D eigenvalue weighted by atomic mass is 35.5. The molecule has 0 saturated heterocycles. The second-order valence-corrected chi connectivity index (χ2v) is 6.90. The molecule has 0 saturated carbocycles. The van der Waals surface area contributed by atoms with E-state index in [1.807, 2.05) is 26.8 Å². The van der Waals surface area contributed by atoms with Gasteiger partial charge in [0.25, 0.3) is 5.91 Å². The van der Waals surface area contributed by atoms with Gasteiger partial charge in [-0.1, -0.05) is 18.2 Å². The Labute approximate surface area is 131 Å². The zero-order valence-electron chi connectivity index (χ0n) is 13.2. The molecule has 4 nitrogen and oxygen atoms in total. The Morgan fingerprint density at radius 3 is 2.05 bits per heavy atom. The van der Waals surface area contributed by atoms with Gasteiger partial charge < -0.3 is 0 Å². The van der Waals surface area contributed by atoms with E-state index in [9.17, 15) is 9.59 Å².